The van der Waals surface area contributed by atoms with Crippen molar-refractivity contribution in [2.75, 3.05) is 20.2 Å². The summed E-state index contributed by atoms with van der Waals surface area (Å²) in [6.45, 7) is 0.385. The number of carbonyl (C=O) groups excluding carboxylic acids is 3. The number of rotatable bonds is 3. The zero-order chi connectivity index (χ0) is 15.4. The SMILES string of the molecule is COC(=O)C1CCN(C(=O)Cc2ccc(Br)cc2)CC1=O. The molecule has 6 heteroatoms. The number of carbonyl (C=O) groups is 3. The van der Waals surface area contributed by atoms with E-state index >= 15 is 0 Å². The molecule has 0 bridgehead atoms. The standard InChI is InChI=1S/C15H16BrNO4/c1-21-15(20)12-6-7-17(9-13(12)18)14(19)8-10-2-4-11(16)5-3-10/h2-5,12H,6-9H2,1H3. The fraction of sp³-hybridized carbons (Fsp3) is 0.400. The van der Waals surface area contributed by atoms with Crippen LogP contribution in [0.25, 0.3) is 0 Å². The molecule has 1 aliphatic heterocycles. The van der Waals surface area contributed by atoms with E-state index in [2.05, 4.69) is 20.7 Å². The normalized spacial score (nSPS) is 18.5. The predicted molar refractivity (Wildman–Crippen MR) is 79.6 cm³/mol. The van der Waals surface area contributed by atoms with E-state index in [9.17, 15) is 14.4 Å². The maximum atomic E-state index is 12.2. The molecule has 1 atom stereocenters. The molecule has 0 spiro atoms. The quantitative estimate of drug-likeness (QED) is 0.611. The first-order chi connectivity index (χ1) is 10.0. The van der Waals surface area contributed by atoms with Crippen LogP contribution >= 0.6 is 15.9 Å². The van der Waals surface area contributed by atoms with Gasteiger partial charge >= 0.3 is 5.97 Å². The Morgan fingerprint density at radius 3 is 2.57 bits per heavy atom. The van der Waals surface area contributed by atoms with Crippen LogP contribution < -0.4 is 0 Å². The van der Waals surface area contributed by atoms with E-state index < -0.39 is 11.9 Å². The fourth-order valence-corrected chi connectivity index (χ4v) is 2.58. The van der Waals surface area contributed by atoms with Gasteiger partial charge in [-0.1, -0.05) is 28.1 Å². The van der Waals surface area contributed by atoms with E-state index in [1.165, 1.54) is 12.0 Å². The summed E-state index contributed by atoms with van der Waals surface area (Å²) in [5.41, 5.74) is 0.894. The maximum Gasteiger partial charge on any atom is 0.316 e. The Labute approximate surface area is 131 Å². The van der Waals surface area contributed by atoms with E-state index in [-0.39, 0.29) is 24.7 Å². The first kappa shape index (κ1) is 15.7. The third-order valence-electron chi connectivity index (χ3n) is 3.53. The molecule has 0 radical (unpaired) electrons. The van der Waals surface area contributed by atoms with Crippen LogP contribution in [0.2, 0.25) is 0 Å². The molecule has 1 aromatic carbocycles. The molecule has 1 heterocycles. The van der Waals surface area contributed by atoms with Gasteiger partial charge in [-0.3, -0.25) is 14.4 Å². The van der Waals surface area contributed by atoms with E-state index in [0.717, 1.165) is 10.0 Å². The van der Waals surface area contributed by atoms with Crippen molar-refractivity contribution in [3.05, 3.63) is 34.3 Å². The zero-order valence-electron chi connectivity index (χ0n) is 11.7. The van der Waals surface area contributed by atoms with Crippen molar-refractivity contribution in [3.63, 3.8) is 0 Å². The number of Topliss-reactive ketones (excluding diaryl/α,β-unsaturated/α-hetero) is 1. The molecule has 21 heavy (non-hydrogen) atoms. The number of ether oxygens (including phenoxy) is 1. The number of methoxy groups -OCH3 is 1. The summed E-state index contributed by atoms with van der Waals surface area (Å²) < 4.78 is 5.55. The van der Waals surface area contributed by atoms with E-state index in [4.69, 9.17) is 0 Å². The lowest BCUT2D eigenvalue weighted by Crippen LogP contribution is -2.47. The maximum absolute atomic E-state index is 12.2. The number of nitrogens with zero attached hydrogens (tertiary/aromatic N) is 1. The summed E-state index contributed by atoms with van der Waals surface area (Å²) >= 11 is 3.34. The van der Waals surface area contributed by atoms with Crippen molar-refractivity contribution in [1.82, 2.24) is 4.90 Å². The average molecular weight is 354 g/mol. The van der Waals surface area contributed by atoms with E-state index in [0.29, 0.717) is 13.0 Å². The van der Waals surface area contributed by atoms with Crippen LogP contribution in [0.15, 0.2) is 28.7 Å². The number of piperidine rings is 1. The molecule has 0 N–H and O–H groups in total. The number of benzene rings is 1. The largest absolute Gasteiger partial charge is 0.468 e. The second kappa shape index (κ2) is 6.85. The van der Waals surface area contributed by atoms with Crippen molar-refractivity contribution < 1.29 is 19.1 Å². The molecular weight excluding hydrogens is 338 g/mol. The molecule has 0 aromatic heterocycles. The molecule has 0 aliphatic carbocycles. The summed E-state index contributed by atoms with van der Waals surface area (Å²) in [6.07, 6.45) is 0.584. The lowest BCUT2D eigenvalue weighted by atomic mass is 9.95. The molecule has 1 saturated heterocycles. The molecule has 1 fully saturated rings. The van der Waals surface area contributed by atoms with Gasteiger partial charge in [0.1, 0.15) is 5.92 Å². The smallest absolute Gasteiger partial charge is 0.316 e. The monoisotopic (exact) mass is 353 g/mol. The summed E-state index contributed by atoms with van der Waals surface area (Å²) in [5.74, 6) is -1.60. The third-order valence-corrected chi connectivity index (χ3v) is 4.06. The number of ketones is 1. The lowest BCUT2D eigenvalue weighted by Gasteiger charge is -2.29. The van der Waals surface area contributed by atoms with Crippen LogP contribution in [0.3, 0.4) is 0 Å². The van der Waals surface area contributed by atoms with Gasteiger partial charge in [0, 0.05) is 11.0 Å². The summed E-state index contributed by atoms with van der Waals surface area (Å²) in [5, 5.41) is 0. The molecule has 1 amide bonds. The minimum Gasteiger partial charge on any atom is -0.468 e. The number of esters is 1. The van der Waals surface area contributed by atoms with Gasteiger partial charge in [0.25, 0.3) is 0 Å². The second-order valence-electron chi connectivity index (χ2n) is 4.95. The Morgan fingerprint density at radius 1 is 1.33 bits per heavy atom. The van der Waals surface area contributed by atoms with Gasteiger partial charge in [-0.05, 0) is 24.1 Å². The van der Waals surface area contributed by atoms with Gasteiger partial charge < -0.3 is 9.64 Å². The van der Waals surface area contributed by atoms with Crippen LogP contribution in [0, 0.1) is 5.92 Å². The number of likely N-dealkylation sites (tertiary alicyclic amines) is 1. The number of hydrogen-bond acceptors (Lipinski definition) is 4. The van der Waals surface area contributed by atoms with Gasteiger partial charge in [-0.15, -0.1) is 0 Å². The van der Waals surface area contributed by atoms with Gasteiger partial charge in [-0.2, -0.15) is 0 Å². The van der Waals surface area contributed by atoms with E-state index in [1.807, 2.05) is 24.3 Å². The van der Waals surface area contributed by atoms with Gasteiger partial charge in [0.2, 0.25) is 5.91 Å². The molecule has 1 unspecified atom stereocenters. The van der Waals surface area contributed by atoms with Gasteiger partial charge in [-0.25, -0.2) is 0 Å². The minimum absolute atomic E-state index is 0.0187. The molecule has 1 aliphatic rings. The molecule has 2 rings (SSSR count). The average Bonchev–Trinajstić information content (AvgIpc) is 2.48. The van der Waals surface area contributed by atoms with E-state index in [1.54, 1.807) is 0 Å². The molecular formula is C15H16BrNO4. The highest BCUT2D eigenvalue weighted by Gasteiger charge is 2.34. The van der Waals surface area contributed by atoms with Crippen LogP contribution in [0.1, 0.15) is 12.0 Å². The Balaban J connectivity index is 1.94. The van der Waals surface area contributed by atoms with Crippen molar-refractivity contribution >= 4 is 33.6 Å². The molecule has 5 nitrogen and oxygen atoms in total. The van der Waals surface area contributed by atoms with Crippen LogP contribution in [0.4, 0.5) is 0 Å². The highest BCUT2D eigenvalue weighted by atomic mass is 79.9. The Hall–Kier alpha value is -1.69. The van der Waals surface area contributed by atoms with Crippen molar-refractivity contribution in [2.24, 2.45) is 5.92 Å². The van der Waals surface area contributed by atoms with Crippen LogP contribution in [-0.2, 0) is 25.5 Å². The first-order valence-corrected chi connectivity index (χ1v) is 7.43. The number of hydrogen-bond donors (Lipinski definition) is 0. The Morgan fingerprint density at radius 2 is 2.00 bits per heavy atom. The minimum atomic E-state index is -0.730. The number of amides is 1. The predicted octanol–water partition coefficient (Wildman–Crippen LogP) is 1.58. The summed E-state index contributed by atoms with van der Waals surface area (Å²) in [4.78, 5) is 37.0. The highest BCUT2D eigenvalue weighted by Crippen LogP contribution is 2.17. The molecule has 112 valence electrons. The van der Waals surface area contributed by atoms with Gasteiger partial charge in [0.05, 0.1) is 20.1 Å². The molecule has 0 saturated carbocycles. The second-order valence-corrected chi connectivity index (χ2v) is 5.86. The zero-order valence-corrected chi connectivity index (χ0v) is 13.3. The van der Waals surface area contributed by atoms with Crippen molar-refractivity contribution in [2.45, 2.75) is 12.8 Å². The Kier molecular flexibility index (Phi) is 5.12. The summed E-state index contributed by atoms with van der Waals surface area (Å²) in [6, 6.07) is 7.48. The summed E-state index contributed by atoms with van der Waals surface area (Å²) in [7, 11) is 1.26. The highest BCUT2D eigenvalue weighted by molar-refractivity contribution is 9.10. The van der Waals surface area contributed by atoms with Gasteiger partial charge in [0.15, 0.2) is 5.78 Å². The molecule has 1 aromatic rings. The van der Waals surface area contributed by atoms with Crippen LogP contribution in [0.5, 0.6) is 0 Å². The number of halogens is 1. The topological polar surface area (TPSA) is 63.7 Å². The first-order valence-electron chi connectivity index (χ1n) is 6.64. The third kappa shape index (κ3) is 3.91. The van der Waals surface area contributed by atoms with Crippen molar-refractivity contribution in [1.29, 1.82) is 0 Å². The van der Waals surface area contributed by atoms with Crippen LogP contribution in [-0.4, -0.2) is 42.8 Å². The Bertz CT molecular complexity index is 555. The lowest BCUT2D eigenvalue weighted by molar-refractivity contribution is -0.154. The van der Waals surface area contributed by atoms with Crippen molar-refractivity contribution in [3.8, 4) is 0 Å². The fourth-order valence-electron chi connectivity index (χ4n) is 2.32.